The predicted octanol–water partition coefficient (Wildman–Crippen LogP) is 1.63. The Morgan fingerprint density at radius 1 is 1.47 bits per heavy atom. The molecule has 0 N–H and O–H groups in total. The van der Waals surface area contributed by atoms with Crippen molar-refractivity contribution in [2.24, 2.45) is 0 Å². The van der Waals surface area contributed by atoms with Crippen molar-refractivity contribution in [1.29, 1.82) is 0 Å². The van der Waals surface area contributed by atoms with Gasteiger partial charge >= 0.3 is 0 Å². The van der Waals surface area contributed by atoms with Gasteiger partial charge in [-0.1, -0.05) is 0 Å². The number of nitrogens with zero attached hydrogens (tertiary/aromatic N) is 2. The normalized spacial score (nSPS) is 13.9. The summed E-state index contributed by atoms with van der Waals surface area (Å²) in [6, 6.07) is 1.74. The quantitative estimate of drug-likeness (QED) is 0.763. The van der Waals surface area contributed by atoms with E-state index in [2.05, 4.69) is 9.97 Å². The first-order valence-corrected chi connectivity index (χ1v) is 6.92. The van der Waals surface area contributed by atoms with Gasteiger partial charge in [0, 0.05) is 11.9 Å². The summed E-state index contributed by atoms with van der Waals surface area (Å²) < 4.78 is 22.7. The van der Waals surface area contributed by atoms with Crippen LogP contribution in [0.25, 0.3) is 0 Å². The molecule has 0 aromatic carbocycles. The highest BCUT2D eigenvalue weighted by Crippen LogP contribution is 2.18. The fraction of sp³-hybridized carbons (Fsp3) is 0.556. The van der Waals surface area contributed by atoms with Gasteiger partial charge < -0.3 is 0 Å². The molecule has 0 radical (unpaired) electrons. The van der Waals surface area contributed by atoms with Gasteiger partial charge in [0.15, 0.2) is 9.84 Å². The highest BCUT2D eigenvalue weighted by Gasteiger charge is 2.20. The Kier molecular flexibility index (Phi) is 3.67. The van der Waals surface area contributed by atoms with Crippen molar-refractivity contribution in [2.45, 2.75) is 25.0 Å². The van der Waals surface area contributed by atoms with Gasteiger partial charge in [-0.3, -0.25) is 0 Å². The Morgan fingerprint density at radius 2 is 2.07 bits per heavy atom. The predicted molar refractivity (Wildman–Crippen MR) is 59.6 cm³/mol. The molecule has 1 unspecified atom stereocenters. The molecule has 1 aromatic rings. The summed E-state index contributed by atoms with van der Waals surface area (Å²) in [4.78, 5) is 8.20. The lowest BCUT2D eigenvalue weighted by Crippen LogP contribution is -2.13. The lowest BCUT2D eigenvalue weighted by atomic mass is 10.3. The van der Waals surface area contributed by atoms with Crippen LogP contribution in [0, 0.1) is 6.92 Å². The summed E-state index contributed by atoms with van der Waals surface area (Å²) in [6.07, 6.45) is 1.17. The zero-order chi connectivity index (χ0) is 11.6. The SMILES string of the molecule is Cc1cc(CCl)nc(C(C)S(C)(=O)=O)n1. The van der Waals surface area contributed by atoms with Gasteiger partial charge in [0.2, 0.25) is 0 Å². The monoisotopic (exact) mass is 248 g/mol. The Hall–Kier alpha value is -0.680. The second kappa shape index (κ2) is 4.45. The molecule has 0 fully saturated rings. The molecule has 1 rings (SSSR count). The first kappa shape index (κ1) is 12.4. The van der Waals surface area contributed by atoms with Crippen LogP contribution < -0.4 is 0 Å². The molecule has 0 bridgehead atoms. The summed E-state index contributed by atoms with van der Waals surface area (Å²) in [7, 11) is -3.17. The van der Waals surface area contributed by atoms with Crippen LogP contribution in [0.4, 0.5) is 0 Å². The Balaban J connectivity index is 3.20. The standard InChI is InChI=1S/C9H13ClN2O2S/c1-6-4-8(5-10)12-9(11-6)7(2)15(3,13)14/h4,7H,5H2,1-3H3. The van der Waals surface area contributed by atoms with Gasteiger partial charge in [0.1, 0.15) is 11.1 Å². The van der Waals surface area contributed by atoms with Gasteiger partial charge in [0.05, 0.1) is 11.6 Å². The molecule has 1 aromatic heterocycles. The molecule has 4 nitrogen and oxygen atoms in total. The molecule has 1 atom stereocenters. The highest BCUT2D eigenvalue weighted by molar-refractivity contribution is 7.90. The van der Waals surface area contributed by atoms with E-state index in [1.807, 2.05) is 0 Å². The van der Waals surface area contributed by atoms with Crippen molar-refractivity contribution in [3.63, 3.8) is 0 Å². The van der Waals surface area contributed by atoms with Gasteiger partial charge in [-0.05, 0) is 19.9 Å². The largest absolute Gasteiger partial charge is 0.237 e. The van der Waals surface area contributed by atoms with E-state index >= 15 is 0 Å². The fourth-order valence-corrected chi connectivity index (χ4v) is 1.73. The van der Waals surface area contributed by atoms with Crippen molar-refractivity contribution < 1.29 is 8.42 Å². The van der Waals surface area contributed by atoms with Crippen molar-refractivity contribution in [3.8, 4) is 0 Å². The topological polar surface area (TPSA) is 59.9 Å². The number of sulfone groups is 1. The first-order chi connectivity index (χ1) is 6.84. The van der Waals surface area contributed by atoms with Crippen LogP contribution >= 0.6 is 11.6 Å². The average molecular weight is 249 g/mol. The number of aryl methyl sites for hydroxylation is 1. The van der Waals surface area contributed by atoms with Gasteiger partial charge in [-0.25, -0.2) is 18.4 Å². The third-order valence-corrected chi connectivity index (χ3v) is 3.84. The fourth-order valence-electron chi connectivity index (χ4n) is 1.10. The van der Waals surface area contributed by atoms with E-state index in [0.717, 1.165) is 5.69 Å². The molecule has 0 aliphatic rings. The van der Waals surface area contributed by atoms with Crippen molar-refractivity contribution in [3.05, 3.63) is 23.3 Å². The Morgan fingerprint density at radius 3 is 2.53 bits per heavy atom. The van der Waals surface area contributed by atoms with Crippen LogP contribution in [0.1, 0.15) is 29.4 Å². The second-order valence-corrected chi connectivity index (χ2v) is 6.10. The lowest BCUT2D eigenvalue weighted by Gasteiger charge is -2.09. The molecule has 0 aliphatic carbocycles. The van der Waals surface area contributed by atoms with E-state index in [4.69, 9.17) is 11.6 Å². The van der Waals surface area contributed by atoms with E-state index < -0.39 is 15.1 Å². The smallest absolute Gasteiger partial charge is 0.157 e. The van der Waals surface area contributed by atoms with E-state index in [-0.39, 0.29) is 5.88 Å². The summed E-state index contributed by atoms with van der Waals surface area (Å²) >= 11 is 5.65. The van der Waals surface area contributed by atoms with E-state index in [9.17, 15) is 8.42 Å². The second-order valence-electron chi connectivity index (χ2n) is 3.46. The summed E-state index contributed by atoms with van der Waals surface area (Å²) in [6.45, 7) is 3.36. The number of aromatic nitrogens is 2. The minimum atomic E-state index is -3.17. The summed E-state index contributed by atoms with van der Waals surface area (Å²) in [5.74, 6) is 0.570. The van der Waals surface area contributed by atoms with Crippen molar-refractivity contribution >= 4 is 21.4 Å². The molecule has 84 valence electrons. The zero-order valence-electron chi connectivity index (χ0n) is 8.86. The number of hydrogen-bond donors (Lipinski definition) is 0. The molecule has 0 saturated carbocycles. The molecule has 0 aliphatic heterocycles. The van der Waals surface area contributed by atoms with E-state index in [1.54, 1.807) is 19.9 Å². The highest BCUT2D eigenvalue weighted by atomic mass is 35.5. The summed E-state index contributed by atoms with van der Waals surface area (Å²) in [5, 5.41) is -0.695. The average Bonchev–Trinajstić information content (AvgIpc) is 2.14. The molecule has 6 heteroatoms. The molecular formula is C9H13ClN2O2S. The molecule has 0 saturated heterocycles. The van der Waals surface area contributed by atoms with Crippen LogP contribution in [-0.2, 0) is 15.7 Å². The molecule has 0 amide bonds. The van der Waals surface area contributed by atoms with Crippen LogP contribution in [0.5, 0.6) is 0 Å². The van der Waals surface area contributed by atoms with Gasteiger partial charge in [-0.2, -0.15) is 0 Å². The van der Waals surface area contributed by atoms with Gasteiger partial charge in [0.25, 0.3) is 0 Å². The minimum absolute atomic E-state index is 0.257. The number of rotatable bonds is 3. The molecule has 0 spiro atoms. The maximum absolute atomic E-state index is 11.3. The van der Waals surface area contributed by atoms with Crippen LogP contribution in [0.2, 0.25) is 0 Å². The maximum Gasteiger partial charge on any atom is 0.157 e. The number of hydrogen-bond acceptors (Lipinski definition) is 4. The van der Waals surface area contributed by atoms with Crippen LogP contribution in [0.3, 0.4) is 0 Å². The van der Waals surface area contributed by atoms with E-state index in [1.165, 1.54) is 6.26 Å². The lowest BCUT2D eigenvalue weighted by molar-refractivity contribution is 0.588. The van der Waals surface area contributed by atoms with E-state index in [0.29, 0.717) is 11.5 Å². The number of halogens is 1. The minimum Gasteiger partial charge on any atom is -0.237 e. The first-order valence-electron chi connectivity index (χ1n) is 4.44. The van der Waals surface area contributed by atoms with Crippen LogP contribution in [-0.4, -0.2) is 24.6 Å². The Labute approximate surface area is 94.6 Å². The summed E-state index contributed by atoms with van der Waals surface area (Å²) in [5.41, 5.74) is 1.38. The molecule has 1 heterocycles. The third kappa shape index (κ3) is 3.14. The Bertz CT molecular complexity index is 459. The van der Waals surface area contributed by atoms with Gasteiger partial charge in [-0.15, -0.1) is 11.6 Å². The van der Waals surface area contributed by atoms with Crippen molar-refractivity contribution in [2.75, 3.05) is 6.26 Å². The van der Waals surface area contributed by atoms with Crippen molar-refractivity contribution in [1.82, 2.24) is 9.97 Å². The molecular weight excluding hydrogens is 236 g/mol. The maximum atomic E-state index is 11.3. The number of alkyl halides is 1. The molecule has 15 heavy (non-hydrogen) atoms. The van der Waals surface area contributed by atoms with Crippen LogP contribution in [0.15, 0.2) is 6.07 Å². The zero-order valence-corrected chi connectivity index (χ0v) is 10.4. The third-order valence-electron chi connectivity index (χ3n) is 2.07.